The summed E-state index contributed by atoms with van der Waals surface area (Å²) in [6.45, 7) is 2.97. The number of benzene rings is 2. The van der Waals surface area contributed by atoms with E-state index in [1.54, 1.807) is 12.3 Å². The third-order valence-electron chi connectivity index (χ3n) is 8.01. The highest BCUT2D eigenvalue weighted by Crippen LogP contribution is 2.32. The number of hydrogen-bond donors (Lipinski definition) is 1. The number of pyridine rings is 1. The normalized spacial score (nSPS) is 21.1. The van der Waals surface area contributed by atoms with Gasteiger partial charge in [0.1, 0.15) is 12.4 Å². The Balaban J connectivity index is 1.16. The minimum absolute atomic E-state index is 0.0264. The second kappa shape index (κ2) is 10.3. The van der Waals surface area contributed by atoms with Gasteiger partial charge in [0.15, 0.2) is 0 Å². The second-order valence-corrected chi connectivity index (χ2v) is 10.9. The first kappa shape index (κ1) is 24.7. The van der Waals surface area contributed by atoms with Gasteiger partial charge in [-0.05, 0) is 68.4 Å². The van der Waals surface area contributed by atoms with Crippen LogP contribution in [0.3, 0.4) is 0 Å². The minimum Gasteiger partial charge on any atom is -0.491 e. The van der Waals surface area contributed by atoms with E-state index in [2.05, 4.69) is 16.4 Å². The molecule has 1 aliphatic carbocycles. The summed E-state index contributed by atoms with van der Waals surface area (Å²) < 4.78 is 9.90. The van der Waals surface area contributed by atoms with Crippen LogP contribution in [0.4, 0.5) is 0 Å². The van der Waals surface area contributed by atoms with E-state index >= 15 is 0 Å². The van der Waals surface area contributed by atoms with Crippen molar-refractivity contribution in [1.82, 2.24) is 19.4 Å². The molecule has 7 nitrogen and oxygen atoms in total. The number of ether oxygens (including phenoxy) is 1. The van der Waals surface area contributed by atoms with E-state index in [4.69, 9.17) is 16.3 Å². The molecule has 1 N–H and O–H groups in total. The summed E-state index contributed by atoms with van der Waals surface area (Å²) in [5.74, 6) is 1.15. The molecule has 2 aromatic carbocycles. The van der Waals surface area contributed by atoms with E-state index < -0.39 is 0 Å². The van der Waals surface area contributed by atoms with Crippen LogP contribution in [-0.2, 0) is 13.0 Å². The SMILES string of the molecule is Cc1ncc(Cl)cc1C(=O)N[C@H]1CC[C@H](Cn2c(=O)n(C3COc4ccccc4C3)c3ccccc32)CC1. The fraction of sp³-hybridized carbons (Fsp3) is 0.367. The molecule has 2 aromatic heterocycles. The van der Waals surface area contributed by atoms with E-state index in [1.165, 1.54) is 0 Å². The van der Waals surface area contributed by atoms with E-state index in [0.717, 1.165) is 54.5 Å². The molecule has 1 amide bonds. The van der Waals surface area contributed by atoms with Crippen LogP contribution in [0.2, 0.25) is 5.02 Å². The van der Waals surface area contributed by atoms with Gasteiger partial charge in [-0.25, -0.2) is 4.79 Å². The molecule has 196 valence electrons. The molecule has 8 heteroatoms. The molecule has 0 saturated heterocycles. The Kier molecular flexibility index (Phi) is 6.70. The zero-order valence-electron chi connectivity index (χ0n) is 21.4. The van der Waals surface area contributed by atoms with Gasteiger partial charge in [0, 0.05) is 25.2 Å². The fourth-order valence-corrected chi connectivity index (χ4v) is 6.15. The number of carbonyl (C=O) groups is 1. The van der Waals surface area contributed by atoms with Gasteiger partial charge in [-0.3, -0.25) is 18.9 Å². The number of aryl methyl sites for hydroxylation is 1. The monoisotopic (exact) mass is 530 g/mol. The Bertz CT molecular complexity index is 1550. The van der Waals surface area contributed by atoms with Crippen LogP contribution in [0.15, 0.2) is 65.6 Å². The highest BCUT2D eigenvalue weighted by atomic mass is 35.5. The predicted molar refractivity (Wildman–Crippen MR) is 148 cm³/mol. The van der Waals surface area contributed by atoms with Crippen LogP contribution in [-0.4, -0.2) is 32.7 Å². The summed E-state index contributed by atoms with van der Waals surface area (Å²) in [4.78, 5) is 30.8. The van der Waals surface area contributed by atoms with E-state index in [9.17, 15) is 9.59 Å². The Labute approximate surface area is 226 Å². The summed E-state index contributed by atoms with van der Waals surface area (Å²) in [6, 6.07) is 17.9. The van der Waals surface area contributed by atoms with Crippen LogP contribution in [0.1, 0.15) is 53.3 Å². The maximum Gasteiger partial charge on any atom is 0.329 e. The molecule has 0 bridgehead atoms. The molecule has 1 unspecified atom stereocenters. The van der Waals surface area contributed by atoms with Gasteiger partial charge >= 0.3 is 5.69 Å². The lowest BCUT2D eigenvalue weighted by molar-refractivity contribution is 0.0919. The van der Waals surface area contributed by atoms with Crippen molar-refractivity contribution in [3.63, 3.8) is 0 Å². The number of nitrogens with one attached hydrogen (secondary N) is 1. The average molecular weight is 531 g/mol. The van der Waals surface area contributed by atoms with Crippen molar-refractivity contribution < 1.29 is 9.53 Å². The quantitative estimate of drug-likeness (QED) is 0.378. The lowest BCUT2D eigenvalue weighted by Gasteiger charge is -2.29. The first-order valence-corrected chi connectivity index (χ1v) is 13.7. The van der Waals surface area contributed by atoms with Crippen molar-refractivity contribution in [2.75, 3.05) is 6.61 Å². The van der Waals surface area contributed by atoms with Crippen molar-refractivity contribution in [1.29, 1.82) is 0 Å². The molecule has 2 aliphatic rings. The van der Waals surface area contributed by atoms with Crippen LogP contribution in [0.25, 0.3) is 11.0 Å². The van der Waals surface area contributed by atoms with Crippen molar-refractivity contribution in [3.05, 3.63) is 93.1 Å². The van der Waals surface area contributed by atoms with Crippen molar-refractivity contribution in [2.24, 2.45) is 5.92 Å². The summed E-state index contributed by atoms with van der Waals surface area (Å²) in [5, 5.41) is 3.62. The first-order chi connectivity index (χ1) is 18.5. The van der Waals surface area contributed by atoms with Crippen molar-refractivity contribution in [2.45, 2.75) is 57.7 Å². The number of imidazole rings is 1. The van der Waals surface area contributed by atoms with Crippen LogP contribution < -0.4 is 15.7 Å². The Morgan fingerprint density at radius 1 is 1.08 bits per heavy atom. The van der Waals surface area contributed by atoms with Gasteiger partial charge < -0.3 is 10.1 Å². The highest BCUT2D eigenvalue weighted by molar-refractivity contribution is 6.30. The maximum atomic E-state index is 13.8. The number of hydrogen-bond acceptors (Lipinski definition) is 4. The predicted octanol–water partition coefficient (Wildman–Crippen LogP) is 5.32. The number of aromatic nitrogens is 3. The molecule has 1 atom stereocenters. The van der Waals surface area contributed by atoms with Gasteiger partial charge in [-0.15, -0.1) is 0 Å². The molecular weight excluding hydrogens is 500 g/mol. The largest absolute Gasteiger partial charge is 0.491 e. The lowest BCUT2D eigenvalue weighted by Crippen LogP contribution is -2.39. The Hall–Kier alpha value is -3.58. The topological polar surface area (TPSA) is 78.2 Å². The summed E-state index contributed by atoms with van der Waals surface area (Å²) in [5.41, 5.74) is 4.28. The summed E-state index contributed by atoms with van der Waals surface area (Å²) >= 11 is 6.05. The van der Waals surface area contributed by atoms with Gasteiger partial charge in [0.05, 0.1) is 33.4 Å². The van der Waals surface area contributed by atoms with Crippen LogP contribution >= 0.6 is 11.6 Å². The molecule has 38 heavy (non-hydrogen) atoms. The maximum absolute atomic E-state index is 13.8. The van der Waals surface area contributed by atoms with E-state index in [0.29, 0.717) is 35.3 Å². The molecule has 0 radical (unpaired) electrons. The van der Waals surface area contributed by atoms with E-state index in [-0.39, 0.29) is 23.7 Å². The van der Waals surface area contributed by atoms with Crippen molar-refractivity contribution >= 4 is 28.5 Å². The molecule has 4 aromatic rings. The second-order valence-electron chi connectivity index (χ2n) is 10.5. The molecular formula is C30H31ClN4O3. The summed E-state index contributed by atoms with van der Waals surface area (Å²) in [7, 11) is 0. The average Bonchev–Trinajstić information content (AvgIpc) is 3.21. The zero-order chi connectivity index (χ0) is 26.2. The first-order valence-electron chi connectivity index (χ1n) is 13.3. The van der Waals surface area contributed by atoms with Gasteiger partial charge in [0.25, 0.3) is 5.91 Å². The number of halogens is 1. The third-order valence-corrected chi connectivity index (χ3v) is 8.22. The molecule has 1 aliphatic heterocycles. The Morgan fingerprint density at radius 2 is 1.82 bits per heavy atom. The fourth-order valence-electron chi connectivity index (χ4n) is 5.99. The number of rotatable bonds is 5. The third kappa shape index (κ3) is 4.71. The van der Waals surface area contributed by atoms with Gasteiger partial charge in [0.2, 0.25) is 0 Å². The van der Waals surface area contributed by atoms with Gasteiger partial charge in [-0.1, -0.05) is 41.9 Å². The molecule has 1 saturated carbocycles. The van der Waals surface area contributed by atoms with Crippen molar-refractivity contribution in [3.8, 4) is 5.75 Å². The van der Waals surface area contributed by atoms with Crippen LogP contribution in [0, 0.1) is 12.8 Å². The lowest BCUT2D eigenvalue weighted by atomic mass is 9.85. The molecule has 1 fully saturated rings. The minimum atomic E-state index is -0.128. The number of amides is 1. The highest BCUT2D eigenvalue weighted by Gasteiger charge is 2.28. The number of para-hydroxylation sites is 3. The number of carbonyl (C=O) groups excluding carboxylic acids is 1. The molecule has 6 rings (SSSR count). The number of fused-ring (bicyclic) bond motifs is 2. The van der Waals surface area contributed by atoms with Crippen LogP contribution in [0.5, 0.6) is 5.75 Å². The standard InChI is InChI=1S/C30H31ClN4O3/c1-19-25(15-22(31)16-32-19)29(36)33-23-12-10-20(11-13-23)17-34-26-7-3-4-8-27(26)35(30(34)37)24-14-21-6-2-5-9-28(21)38-18-24/h2-9,15-16,20,23-24H,10-14,17-18H2,1H3,(H,33,36)/t20-,23-,24?. The summed E-state index contributed by atoms with van der Waals surface area (Å²) in [6.07, 6.45) is 5.98. The van der Waals surface area contributed by atoms with E-state index in [1.807, 2.05) is 58.5 Å². The zero-order valence-corrected chi connectivity index (χ0v) is 22.2. The smallest absolute Gasteiger partial charge is 0.329 e. The van der Waals surface area contributed by atoms with Gasteiger partial charge in [-0.2, -0.15) is 0 Å². The Morgan fingerprint density at radius 3 is 2.63 bits per heavy atom. The molecule has 3 heterocycles. The number of nitrogens with zero attached hydrogens (tertiary/aromatic N) is 3. The molecule has 0 spiro atoms.